The summed E-state index contributed by atoms with van der Waals surface area (Å²) in [6.07, 6.45) is 5.06. The summed E-state index contributed by atoms with van der Waals surface area (Å²) in [7, 11) is 0. The monoisotopic (exact) mass is 579 g/mol. The largest absolute Gasteiger partial charge is 0.444 e. The third kappa shape index (κ3) is 10.8. The van der Waals surface area contributed by atoms with E-state index in [2.05, 4.69) is 17.6 Å². The molecule has 42 heavy (non-hydrogen) atoms. The molecule has 0 fully saturated rings. The van der Waals surface area contributed by atoms with Crippen molar-refractivity contribution in [3.63, 3.8) is 0 Å². The van der Waals surface area contributed by atoms with E-state index in [1.54, 1.807) is 25.7 Å². The first-order valence-electron chi connectivity index (χ1n) is 15.6. The van der Waals surface area contributed by atoms with Gasteiger partial charge in [-0.1, -0.05) is 101 Å². The molecule has 3 amide bonds. The zero-order valence-corrected chi connectivity index (χ0v) is 27.1. The second kappa shape index (κ2) is 16.9. The molecule has 3 atom stereocenters. The third-order valence-electron chi connectivity index (χ3n) is 7.62. The number of alkyl carbamates (subject to hydrolysis) is 1. The molecule has 2 rings (SSSR count). The summed E-state index contributed by atoms with van der Waals surface area (Å²) >= 11 is 0. The van der Waals surface area contributed by atoms with E-state index in [-0.39, 0.29) is 17.7 Å². The van der Waals surface area contributed by atoms with Crippen LogP contribution < -0.4 is 10.6 Å². The minimum absolute atomic E-state index is 0.168. The van der Waals surface area contributed by atoms with Gasteiger partial charge in [0, 0.05) is 13.1 Å². The summed E-state index contributed by atoms with van der Waals surface area (Å²) in [5, 5.41) is 5.97. The highest BCUT2D eigenvalue weighted by molar-refractivity contribution is 5.92. The van der Waals surface area contributed by atoms with Crippen LogP contribution >= 0.6 is 0 Å². The molecule has 2 N–H and O–H groups in total. The lowest BCUT2D eigenvalue weighted by atomic mass is 9.91. The van der Waals surface area contributed by atoms with Crippen molar-refractivity contribution in [3.05, 3.63) is 70.8 Å². The molecule has 0 saturated heterocycles. The van der Waals surface area contributed by atoms with E-state index in [9.17, 15) is 14.4 Å². The maximum Gasteiger partial charge on any atom is 0.408 e. The summed E-state index contributed by atoms with van der Waals surface area (Å²) in [6, 6.07) is 14.0. The van der Waals surface area contributed by atoms with Crippen molar-refractivity contribution in [2.24, 2.45) is 5.92 Å². The molecule has 0 aliphatic heterocycles. The number of amides is 3. The Balaban J connectivity index is 2.55. The molecule has 2 aromatic carbocycles. The van der Waals surface area contributed by atoms with Crippen LogP contribution in [-0.2, 0) is 20.9 Å². The van der Waals surface area contributed by atoms with Gasteiger partial charge in [0.15, 0.2) is 0 Å². The quantitative estimate of drug-likeness (QED) is 0.215. The molecule has 0 heterocycles. The molecule has 3 unspecified atom stereocenters. The Morgan fingerprint density at radius 2 is 1.50 bits per heavy atom. The summed E-state index contributed by atoms with van der Waals surface area (Å²) in [4.78, 5) is 43.3. The van der Waals surface area contributed by atoms with Crippen LogP contribution in [0.15, 0.2) is 48.5 Å². The number of unbranched alkanes of at least 4 members (excludes halogenated alkanes) is 4. The number of aryl methyl sites for hydroxylation is 2. The van der Waals surface area contributed by atoms with Crippen molar-refractivity contribution in [2.45, 2.75) is 118 Å². The first-order valence-corrected chi connectivity index (χ1v) is 15.6. The van der Waals surface area contributed by atoms with E-state index < -0.39 is 23.8 Å². The number of carbonyl (C=O) groups excluding carboxylic acids is 3. The van der Waals surface area contributed by atoms with Gasteiger partial charge in [0.1, 0.15) is 17.7 Å². The first kappa shape index (κ1) is 34.8. The maximum absolute atomic E-state index is 14.6. The molecular weight excluding hydrogens is 526 g/mol. The van der Waals surface area contributed by atoms with E-state index in [0.717, 1.165) is 54.4 Å². The molecule has 0 aliphatic rings. The fraction of sp³-hybridized carbons (Fsp3) is 0.571. The van der Waals surface area contributed by atoms with Crippen molar-refractivity contribution in [3.8, 4) is 0 Å². The van der Waals surface area contributed by atoms with Crippen LogP contribution in [0.25, 0.3) is 0 Å². The van der Waals surface area contributed by atoms with Gasteiger partial charge in [-0.2, -0.15) is 0 Å². The van der Waals surface area contributed by atoms with Gasteiger partial charge in [-0.3, -0.25) is 9.59 Å². The lowest BCUT2D eigenvalue weighted by molar-refractivity contribution is -0.143. The minimum Gasteiger partial charge on any atom is -0.444 e. The van der Waals surface area contributed by atoms with Crippen molar-refractivity contribution >= 4 is 17.9 Å². The fourth-order valence-corrected chi connectivity index (χ4v) is 5.12. The highest BCUT2D eigenvalue weighted by Crippen LogP contribution is 2.30. The first-order chi connectivity index (χ1) is 19.9. The Morgan fingerprint density at radius 1 is 0.881 bits per heavy atom. The van der Waals surface area contributed by atoms with Gasteiger partial charge in [0.25, 0.3) is 0 Å². The Kier molecular flexibility index (Phi) is 14.1. The zero-order chi connectivity index (χ0) is 31.3. The Hall–Kier alpha value is -3.35. The maximum atomic E-state index is 14.6. The van der Waals surface area contributed by atoms with Crippen LogP contribution in [0.5, 0.6) is 0 Å². The number of carbonyl (C=O) groups is 3. The smallest absolute Gasteiger partial charge is 0.408 e. The number of hydrogen-bond acceptors (Lipinski definition) is 4. The van der Waals surface area contributed by atoms with E-state index >= 15 is 0 Å². The van der Waals surface area contributed by atoms with Crippen LogP contribution in [0.4, 0.5) is 4.79 Å². The molecule has 2 aromatic rings. The number of ether oxygens (including phenoxy) is 1. The average molecular weight is 580 g/mol. The molecule has 0 bridgehead atoms. The van der Waals surface area contributed by atoms with E-state index in [4.69, 9.17) is 4.74 Å². The van der Waals surface area contributed by atoms with E-state index in [1.165, 1.54) is 0 Å². The molecule has 232 valence electrons. The summed E-state index contributed by atoms with van der Waals surface area (Å²) < 4.78 is 5.54. The van der Waals surface area contributed by atoms with Crippen molar-refractivity contribution in [2.75, 3.05) is 6.54 Å². The lowest BCUT2D eigenvalue weighted by Crippen LogP contribution is -2.55. The summed E-state index contributed by atoms with van der Waals surface area (Å²) in [6.45, 7) is 16.2. The summed E-state index contributed by atoms with van der Waals surface area (Å²) in [5.74, 6) is -0.676. The molecule has 0 aliphatic carbocycles. The number of nitrogens with zero attached hydrogens (tertiary/aromatic N) is 1. The van der Waals surface area contributed by atoms with Gasteiger partial charge in [-0.15, -0.1) is 0 Å². The van der Waals surface area contributed by atoms with E-state index in [0.29, 0.717) is 19.5 Å². The normalized spacial score (nSPS) is 13.5. The summed E-state index contributed by atoms with van der Waals surface area (Å²) in [5.41, 5.74) is 2.99. The van der Waals surface area contributed by atoms with Crippen LogP contribution in [0.3, 0.4) is 0 Å². The highest BCUT2D eigenvalue weighted by atomic mass is 16.6. The standard InChI is InChI=1S/C35H53N3O4/c1-9-11-12-13-17-23-38(33(40)30(25(3)10-2)37-34(41)42-35(6,7)8)31(29-26(4)19-18-20-27(29)5)32(39)36-24-28-21-15-14-16-22-28/h14-16,18-22,25,30-31H,9-13,17,23-24H2,1-8H3,(H,36,39)(H,37,41). The molecule has 0 spiro atoms. The molecule has 7 nitrogen and oxygen atoms in total. The predicted molar refractivity (Wildman–Crippen MR) is 170 cm³/mol. The second-order valence-corrected chi connectivity index (χ2v) is 12.4. The number of rotatable bonds is 15. The number of benzene rings is 2. The number of hydrogen-bond donors (Lipinski definition) is 2. The predicted octanol–water partition coefficient (Wildman–Crippen LogP) is 7.40. The highest BCUT2D eigenvalue weighted by Gasteiger charge is 2.38. The van der Waals surface area contributed by atoms with Crippen LogP contribution in [0.2, 0.25) is 0 Å². The van der Waals surface area contributed by atoms with E-state index in [1.807, 2.05) is 76.2 Å². The zero-order valence-electron chi connectivity index (χ0n) is 27.1. The van der Waals surface area contributed by atoms with Gasteiger partial charge in [0.05, 0.1) is 0 Å². The van der Waals surface area contributed by atoms with Gasteiger partial charge < -0.3 is 20.3 Å². The van der Waals surface area contributed by atoms with Crippen molar-refractivity contribution in [1.82, 2.24) is 15.5 Å². The van der Waals surface area contributed by atoms with Gasteiger partial charge in [0.2, 0.25) is 11.8 Å². The SMILES string of the molecule is CCCCCCCN(C(=O)C(NC(=O)OC(C)(C)C)C(C)CC)C(C(=O)NCc1ccccc1)c1c(C)cccc1C. The van der Waals surface area contributed by atoms with Crippen LogP contribution in [0, 0.1) is 19.8 Å². The molecule has 0 aromatic heterocycles. The van der Waals surface area contributed by atoms with Gasteiger partial charge >= 0.3 is 6.09 Å². The fourth-order valence-electron chi connectivity index (χ4n) is 5.12. The molecule has 7 heteroatoms. The average Bonchev–Trinajstić information content (AvgIpc) is 2.94. The third-order valence-corrected chi connectivity index (χ3v) is 7.62. The Labute approximate surface area is 253 Å². The Bertz CT molecular complexity index is 1120. The van der Waals surface area contributed by atoms with Crippen LogP contribution in [0.1, 0.15) is 108 Å². The molecular formula is C35H53N3O4. The van der Waals surface area contributed by atoms with Gasteiger partial charge in [-0.05, 0) is 69.2 Å². The molecule has 0 radical (unpaired) electrons. The second-order valence-electron chi connectivity index (χ2n) is 12.4. The topological polar surface area (TPSA) is 87.7 Å². The van der Waals surface area contributed by atoms with Crippen LogP contribution in [-0.4, -0.2) is 41.0 Å². The molecule has 0 saturated carbocycles. The van der Waals surface area contributed by atoms with Crippen molar-refractivity contribution in [1.29, 1.82) is 0 Å². The van der Waals surface area contributed by atoms with Crippen molar-refractivity contribution < 1.29 is 19.1 Å². The lowest BCUT2D eigenvalue weighted by Gasteiger charge is -2.37. The Morgan fingerprint density at radius 3 is 2.07 bits per heavy atom. The minimum atomic E-state index is -0.847. The van der Waals surface area contributed by atoms with Gasteiger partial charge in [-0.25, -0.2) is 4.79 Å². The number of nitrogens with one attached hydrogen (secondary N) is 2.